The Hall–Kier alpha value is -2.48. The molecular weight excluding hydrogens is 315 g/mol. The third-order valence-corrected chi connectivity index (χ3v) is 4.11. The number of carbonyl (C=O) groups is 1. The maximum absolute atomic E-state index is 12.8. The van der Waals surface area contributed by atoms with Gasteiger partial charge < -0.3 is 14.4 Å². The molecule has 7 nitrogen and oxygen atoms in total. The molecule has 1 N–H and O–H groups in total. The van der Waals surface area contributed by atoms with Crippen LogP contribution in [0.3, 0.4) is 0 Å². The molecule has 2 aromatic rings. The molecule has 0 fully saturated rings. The summed E-state index contributed by atoms with van der Waals surface area (Å²) in [6.45, 7) is 3.63. The van der Waals surface area contributed by atoms with Crippen LogP contribution >= 0.6 is 0 Å². The van der Waals surface area contributed by atoms with E-state index in [1.54, 1.807) is 12.1 Å². The minimum atomic E-state index is -0.854. The second-order valence-electron chi connectivity index (χ2n) is 5.75. The molecule has 0 saturated carbocycles. The van der Waals surface area contributed by atoms with Crippen molar-refractivity contribution in [2.24, 2.45) is 0 Å². The molecule has 24 heavy (non-hydrogen) atoms. The van der Waals surface area contributed by atoms with E-state index in [0.717, 1.165) is 11.6 Å². The molecule has 1 unspecified atom stereocenters. The highest BCUT2D eigenvalue weighted by Gasteiger charge is 2.32. The van der Waals surface area contributed by atoms with Crippen LogP contribution in [0.25, 0.3) is 0 Å². The molecule has 1 aliphatic rings. The SMILES string of the molecule is Cc1nnc2n1CC(C(=O)O)N(CCCOc1ccc(F)cc1)C2. The minimum absolute atomic E-state index is 0.306. The van der Waals surface area contributed by atoms with Gasteiger partial charge in [0.2, 0.25) is 0 Å². The number of benzene rings is 1. The van der Waals surface area contributed by atoms with Crippen molar-refractivity contribution in [2.45, 2.75) is 32.5 Å². The lowest BCUT2D eigenvalue weighted by Gasteiger charge is -2.33. The highest BCUT2D eigenvalue weighted by atomic mass is 19.1. The molecule has 0 radical (unpaired) electrons. The van der Waals surface area contributed by atoms with Gasteiger partial charge in [0.15, 0.2) is 0 Å². The third kappa shape index (κ3) is 3.53. The molecule has 1 aromatic heterocycles. The summed E-state index contributed by atoms with van der Waals surface area (Å²) in [5, 5.41) is 17.6. The van der Waals surface area contributed by atoms with Gasteiger partial charge in [0.1, 0.15) is 29.3 Å². The van der Waals surface area contributed by atoms with Crippen LogP contribution in [-0.2, 0) is 17.9 Å². The molecule has 8 heteroatoms. The summed E-state index contributed by atoms with van der Waals surface area (Å²) in [5.74, 6) is 0.952. The summed E-state index contributed by atoms with van der Waals surface area (Å²) in [7, 11) is 0. The Morgan fingerprint density at radius 2 is 2.12 bits per heavy atom. The molecule has 2 heterocycles. The number of ether oxygens (including phenoxy) is 1. The molecule has 3 rings (SSSR count). The van der Waals surface area contributed by atoms with Gasteiger partial charge in [-0.05, 0) is 37.6 Å². The van der Waals surface area contributed by atoms with Crippen LogP contribution in [0, 0.1) is 12.7 Å². The van der Waals surface area contributed by atoms with Crippen LogP contribution < -0.4 is 4.74 Å². The third-order valence-electron chi connectivity index (χ3n) is 4.11. The lowest BCUT2D eigenvalue weighted by molar-refractivity contribution is -0.145. The van der Waals surface area contributed by atoms with Gasteiger partial charge in [-0.25, -0.2) is 4.39 Å². The summed E-state index contributed by atoms with van der Waals surface area (Å²) in [5.41, 5.74) is 0. The van der Waals surface area contributed by atoms with Gasteiger partial charge >= 0.3 is 5.97 Å². The van der Waals surface area contributed by atoms with Gasteiger partial charge in [0.05, 0.1) is 19.7 Å². The van der Waals surface area contributed by atoms with Crippen molar-refractivity contribution in [3.8, 4) is 5.75 Å². The van der Waals surface area contributed by atoms with Crippen molar-refractivity contribution in [1.29, 1.82) is 0 Å². The number of aliphatic carboxylic acids is 1. The van der Waals surface area contributed by atoms with Crippen LogP contribution in [0.15, 0.2) is 24.3 Å². The van der Waals surface area contributed by atoms with E-state index < -0.39 is 12.0 Å². The van der Waals surface area contributed by atoms with E-state index in [-0.39, 0.29) is 5.82 Å². The normalized spacial score (nSPS) is 17.5. The van der Waals surface area contributed by atoms with Gasteiger partial charge in [-0.3, -0.25) is 9.69 Å². The van der Waals surface area contributed by atoms with Crippen LogP contribution in [0.2, 0.25) is 0 Å². The fourth-order valence-corrected chi connectivity index (χ4v) is 2.82. The fourth-order valence-electron chi connectivity index (χ4n) is 2.82. The molecule has 0 bridgehead atoms. The largest absolute Gasteiger partial charge is 0.494 e. The number of aromatic nitrogens is 3. The molecule has 1 aromatic carbocycles. The number of halogens is 1. The van der Waals surface area contributed by atoms with Crippen LogP contribution in [0.1, 0.15) is 18.1 Å². The first-order chi connectivity index (χ1) is 11.5. The van der Waals surface area contributed by atoms with E-state index in [1.165, 1.54) is 12.1 Å². The van der Waals surface area contributed by atoms with Crippen LogP contribution in [0.4, 0.5) is 4.39 Å². The number of hydrogen-bond acceptors (Lipinski definition) is 5. The predicted molar refractivity (Wildman–Crippen MR) is 83.1 cm³/mol. The summed E-state index contributed by atoms with van der Waals surface area (Å²) in [6.07, 6.45) is 0.661. The molecule has 0 amide bonds. The Bertz CT molecular complexity index is 717. The average molecular weight is 334 g/mol. The van der Waals surface area contributed by atoms with Gasteiger partial charge in [-0.1, -0.05) is 0 Å². The van der Waals surface area contributed by atoms with Gasteiger partial charge in [0.25, 0.3) is 0 Å². The highest BCUT2D eigenvalue weighted by molar-refractivity contribution is 5.73. The molecular formula is C16H19FN4O3. The van der Waals surface area contributed by atoms with Crippen molar-refractivity contribution in [3.63, 3.8) is 0 Å². The standard InChI is InChI=1S/C16H19FN4O3/c1-11-18-19-15-10-20(14(16(22)23)9-21(11)15)7-2-8-24-13-5-3-12(17)4-6-13/h3-6,14H,2,7-10H2,1H3,(H,22,23). The second-order valence-corrected chi connectivity index (χ2v) is 5.75. The Balaban J connectivity index is 1.55. The monoisotopic (exact) mass is 334 g/mol. The fraction of sp³-hybridized carbons (Fsp3) is 0.438. The first kappa shape index (κ1) is 16.4. The summed E-state index contributed by atoms with van der Waals surface area (Å²) < 4.78 is 20.2. The number of rotatable bonds is 6. The Morgan fingerprint density at radius 1 is 1.38 bits per heavy atom. The molecule has 0 aliphatic carbocycles. The van der Waals surface area contributed by atoms with Crippen LogP contribution in [0.5, 0.6) is 5.75 Å². The van der Waals surface area contributed by atoms with E-state index >= 15 is 0 Å². The highest BCUT2D eigenvalue weighted by Crippen LogP contribution is 2.18. The zero-order valence-corrected chi connectivity index (χ0v) is 13.4. The summed E-state index contributed by atoms with van der Waals surface area (Å²) in [4.78, 5) is 13.4. The van der Waals surface area contributed by atoms with Crippen molar-refractivity contribution in [2.75, 3.05) is 13.2 Å². The molecule has 0 spiro atoms. The number of carboxylic acid groups (broad SMARTS) is 1. The van der Waals surface area contributed by atoms with E-state index in [1.807, 2.05) is 16.4 Å². The van der Waals surface area contributed by atoms with E-state index in [2.05, 4.69) is 10.2 Å². The van der Waals surface area contributed by atoms with E-state index in [0.29, 0.717) is 38.4 Å². The van der Waals surface area contributed by atoms with E-state index in [4.69, 9.17) is 4.74 Å². The predicted octanol–water partition coefficient (Wildman–Crippen LogP) is 1.46. The second kappa shape index (κ2) is 6.96. The van der Waals surface area contributed by atoms with Gasteiger partial charge in [0, 0.05) is 6.54 Å². The molecule has 128 valence electrons. The lowest BCUT2D eigenvalue weighted by Crippen LogP contribution is -2.48. The number of carboxylic acids is 1. The number of fused-ring (bicyclic) bond motifs is 1. The van der Waals surface area contributed by atoms with E-state index in [9.17, 15) is 14.3 Å². The summed E-state index contributed by atoms with van der Waals surface area (Å²) in [6, 6.07) is 5.23. The topological polar surface area (TPSA) is 80.5 Å². The number of aryl methyl sites for hydroxylation is 1. The number of nitrogens with zero attached hydrogens (tertiary/aromatic N) is 4. The average Bonchev–Trinajstić information content (AvgIpc) is 2.93. The molecule has 1 aliphatic heterocycles. The van der Waals surface area contributed by atoms with Crippen molar-refractivity contribution >= 4 is 5.97 Å². The smallest absolute Gasteiger partial charge is 0.322 e. The zero-order chi connectivity index (χ0) is 17.1. The quantitative estimate of drug-likeness (QED) is 0.806. The Labute approximate surface area is 138 Å². The van der Waals surface area contributed by atoms with Gasteiger partial charge in [-0.15, -0.1) is 10.2 Å². The Kier molecular flexibility index (Phi) is 4.75. The first-order valence-corrected chi connectivity index (χ1v) is 7.78. The summed E-state index contributed by atoms with van der Waals surface area (Å²) >= 11 is 0. The van der Waals surface area contributed by atoms with Gasteiger partial charge in [-0.2, -0.15) is 0 Å². The Morgan fingerprint density at radius 3 is 2.83 bits per heavy atom. The van der Waals surface area contributed by atoms with Crippen molar-refractivity contribution in [1.82, 2.24) is 19.7 Å². The van der Waals surface area contributed by atoms with Crippen molar-refractivity contribution in [3.05, 3.63) is 41.7 Å². The minimum Gasteiger partial charge on any atom is -0.494 e. The maximum atomic E-state index is 12.8. The maximum Gasteiger partial charge on any atom is 0.322 e. The van der Waals surface area contributed by atoms with Crippen LogP contribution in [-0.4, -0.2) is 49.9 Å². The van der Waals surface area contributed by atoms with Crippen molar-refractivity contribution < 1.29 is 19.0 Å². The molecule has 0 saturated heterocycles. The lowest BCUT2D eigenvalue weighted by atomic mass is 10.1. The first-order valence-electron chi connectivity index (χ1n) is 7.78. The molecule has 1 atom stereocenters. The zero-order valence-electron chi connectivity index (χ0n) is 13.4. The number of hydrogen-bond donors (Lipinski definition) is 1.